The van der Waals surface area contributed by atoms with Crippen molar-refractivity contribution < 1.29 is 0 Å². The van der Waals surface area contributed by atoms with Crippen molar-refractivity contribution in [1.82, 2.24) is 19.9 Å². The van der Waals surface area contributed by atoms with E-state index in [1.807, 2.05) is 73.7 Å². The Balaban J connectivity index is 1.90. The van der Waals surface area contributed by atoms with Crippen molar-refractivity contribution in [3.05, 3.63) is 84.9 Å². The molecule has 2 aromatic heterocycles. The van der Waals surface area contributed by atoms with E-state index in [4.69, 9.17) is 9.97 Å². The largest absolute Gasteiger partial charge is 0.241 e. The molecule has 0 aliphatic carbocycles. The Morgan fingerprint density at radius 3 is 1.56 bits per heavy atom. The lowest BCUT2D eigenvalue weighted by Crippen LogP contribution is -1.97. The summed E-state index contributed by atoms with van der Waals surface area (Å²) >= 11 is 0. The maximum absolute atomic E-state index is 4.74. The van der Waals surface area contributed by atoms with Crippen molar-refractivity contribution in [1.29, 1.82) is 0 Å². The van der Waals surface area contributed by atoms with Crippen molar-refractivity contribution in [3.8, 4) is 33.9 Å². The number of nitrogens with zero attached hydrogens (tertiary/aromatic N) is 4. The number of aryl methyl sites for hydroxylation is 1. The van der Waals surface area contributed by atoms with Crippen LogP contribution in [0.4, 0.5) is 0 Å². The molecule has 0 saturated heterocycles. The van der Waals surface area contributed by atoms with Crippen LogP contribution < -0.4 is 0 Å². The molecular formula is C21H16N4. The van der Waals surface area contributed by atoms with Gasteiger partial charge in [-0.2, -0.15) is 0 Å². The third kappa shape index (κ3) is 3.28. The average molecular weight is 324 g/mol. The molecule has 0 spiro atoms. The molecule has 0 N–H and O–H groups in total. The van der Waals surface area contributed by atoms with Gasteiger partial charge in [0.15, 0.2) is 5.82 Å². The van der Waals surface area contributed by atoms with E-state index < -0.39 is 0 Å². The zero-order valence-corrected chi connectivity index (χ0v) is 13.8. The maximum atomic E-state index is 4.74. The molecule has 0 unspecified atom stereocenters. The first-order chi connectivity index (χ1) is 12.3. The topological polar surface area (TPSA) is 51.6 Å². The van der Waals surface area contributed by atoms with E-state index in [0.29, 0.717) is 5.82 Å². The lowest BCUT2D eigenvalue weighted by Gasteiger charge is -2.09. The number of rotatable bonds is 3. The van der Waals surface area contributed by atoms with Crippen LogP contribution in [-0.4, -0.2) is 19.9 Å². The minimum Gasteiger partial charge on any atom is -0.241 e. The van der Waals surface area contributed by atoms with E-state index in [-0.39, 0.29) is 0 Å². The molecule has 4 aromatic rings. The summed E-state index contributed by atoms with van der Waals surface area (Å²) in [6, 6.07) is 22.2. The van der Waals surface area contributed by atoms with Crippen molar-refractivity contribution in [2.45, 2.75) is 6.92 Å². The monoisotopic (exact) mass is 324 g/mol. The van der Waals surface area contributed by atoms with Crippen molar-refractivity contribution in [2.24, 2.45) is 0 Å². The van der Waals surface area contributed by atoms with Crippen molar-refractivity contribution >= 4 is 0 Å². The van der Waals surface area contributed by atoms with Gasteiger partial charge in [0, 0.05) is 23.5 Å². The molecule has 120 valence electrons. The Morgan fingerprint density at radius 1 is 0.600 bits per heavy atom. The number of aromatic nitrogens is 4. The van der Waals surface area contributed by atoms with Gasteiger partial charge < -0.3 is 0 Å². The Hall–Kier alpha value is -3.40. The normalized spacial score (nSPS) is 10.6. The summed E-state index contributed by atoms with van der Waals surface area (Å²) in [5.41, 5.74) is 4.67. The lowest BCUT2D eigenvalue weighted by atomic mass is 10.1. The smallest absolute Gasteiger partial charge is 0.163 e. The van der Waals surface area contributed by atoms with Gasteiger partial charge in [-0.15, -0.1) is 0 Å². The molecule has 0 aliphatic rings. The van der Waals surface area contributed by atoms with E-state index in [2.05, 4.69) is 9.97 Å². The van der Waals surface area contributed by atoms with Crippen LogP contribution in [0, 0.1) is 6.92 Å². The minimum absolute atomic E-state index is 0.625. The van der Waals surface area contributed by atoms with E-state index >= 15 is 0 Å². The van der Waals surface area contributed by atoms with Gasteiger partial charge in [-0.1, -0.05) is 60.7 Å². The highest BCUT2D eigenvalue weighted by Gasteiger charge is 2.10. The van der Waals surface area contributed by atoms with Gasteiger partial charge in [-0.3, -0.25) is 0 Å². The van der Waals surface area contributed by atoms with E-state index in [1.54, 1.807) is 12.4 Å². The highest BCUT2D eigenvalue weighted by molar-refractivity contribution is 5.71. The second-order valence-corrected chi connectivity index (χ2v) is 5.71. The number of hydrogen-bond donors (Lipinski definition) is 0. The number of benzene rings is 2. The predicted molar refractivity (Wildman–Crippen MR) is 98.7 cm³/mol. The molecule has 4 rings (SSSR count). The van der Waals surface area contributed by atoms with Crippen LogP contribution in [0.1, 0.15) is 5.82 Å². The van der Waals surface area contributed by atoms with Crippen molar-refractivity contribution in [3.63, 3.8) is 0 Å². The fraction of sp³-hybridized carbons (Fsp3) is 0.0476. The quantitative estimate of drug-likeness (QED) is 0.553. The maximum Gasteiger partial charge on any atom is 0.163 e. The SMILES string of the molecule is Cc1ncc(-c2nc(-c3ccccc3)cc(-c3ccccc3)n2)cn1. The molecule has 2 aromatic carbocycles. The summed E-state index contributed by atoms with van der Waals surface area (Å²) in [6.07, 6.45) is 3.53. The predicted octanol–water partition coefficient (Wildman–Crippen LogP) is 4.58. The summed E-state index contributed by atoms with van der Waals surface area (Å²) in [7, 11) is 0. The van der Waals surface area contributed by atoms with Crippen LogP contribution >= 0.6 is 0 Å². The Bertz CT molecular complexity index is 924. The third-order valence-electron chi connectivity index (χ3n) is 3.90. The first kappa shape index (κ1) is 15.1. The first-order valence-corrected chi connectivity index (χ1v) is 8.08. The van der Waals surface area contributed by atoms with E-state index in [0.717, 1.165) is 33.9 Å². The molecule has 0 atom stereocenters. The third-order valence-corrected chi connectivity index (χ3v) is 3.90. The summed E-state index contributed by atoms with van der Waals surface area (Å²) in [6.45, 7) is 1.86. The van der Waals surface area contributed by atoms with Crippen LogP contribution in [-0.2, 0) is 0 Å². The molecule has 4 nitrogen and oxygen atoms in total. The van der Waals surface area contributed by atoms with Crippen LogP contribution in [0.15, 0.2) is 79.1 Å². The molecule has 0 bridgehead atoms. The summed E-state index contributed by atoms with van der Waals surface area (Å²) in [5, 5.41) is 0. The molecule has 0 fully saturated rings. The molecule has 0 amide bonds. The molecular weight excluding hydrogens is 308 g/mol. The van der Waals surface area contributed by atoms with E-state index in [9.17, 15) is 0 Å². The standard InChI is InChI=1S/C21H16N4/c1-15-22-13-18(14-23-15)21-24-19(16-8-4-2-5-9-16)12-20(25-21)17-10-6-3-7-11-17/h2-14H,1H3. The second kappa shape index (κ2) is 6.61. The van der Waals surface area contributed by atoms with Crippen LogP contribution in [0.25, 0.3) is 33.9 Å². The Kier molecular flexibility index (Phi) is 4.01. The highest BCUT2D eigenvalue weighted by Crippen LogP contribution is 2.26. The van der Waals surface area contributed by atoms with Gasteiger partial charge in [0.05, 0.1) is 17.0 Å². The fourth-order valence-electron chi connectivity index (χ4n) is 2.60. The molecule has 0 radical (unpaired) electrons. The van der Waals surface area contributed by atoms with Crippen LogP contribution in [0.5, 0.6) is 0 Å². The lowest BCUT2D eigenvalue weighted by molar-refractivity contribution is 1.04. The first-order valence-electron chi connectivity index (χ1n) is 8.08. The molecule has 0 aliphatic heterocycles. The van der Waals surface area contributed by atoms with Crippen LogP contribution in [0.3, 0.4) is 0 Å². The molecule has 4 heteroatoms. The van der Waals surface area contributed by atoms with Gasteiger partial charge in [0.25, 0.3) is 0 Å². The zero-order valence-electron chi connectivity index (χ0n) is 13.8. The minimum atomic E-state index is 0.625. The summed E-state index contributed by atoms with van der Waals surface area (Å²) in [5.74, 6) is 1.35. The Morgan fingerprint density at radius 2 is 1.08 bits per heavy atom. The summed E-state index contributed by atoms with van der Waals surface area (Å²) < 4.78 is 0. The van der Waals surface area contributed by atoms with E-state index in [1.165, 1.54) is 0 Å². The fourth-order valence-corrected chi connectivity index (χ4v) is 2.60. The highest BCUT2D eigenvalue weighted by atomic mass is 14.9. The van der Waals surface area contributed by atoms with Gasteiger partial charge in [0.2, 0.25) is 0 Å². The zero-order chi connectivity index (χ0) is 17.1. The van der Waals surface area contributed by atoms with Gasteiger partial charge in [0.1, 0.15) is 5.82 Å². The van der Waals surface area contributed by atoms with Crippen LogP contribution in [0.2, 0.25) is 0 Å². The van der Waals surface area contributed by atoms with Crippen molar-refractivity contribution in [2.75, 3.05) is 0 Å². The van der Waals surface area contributed by atoms with Gasteiger partial charge in [-0.05, 0) is 13.0 Å². The Labute approximate surface area is 146 Å². The molecule has 25 heavy (non-hydrogen) atoms. The average Bonchev–Trinajstić information content (AvgIpc) is 2.69. The molecule has 0 saturated carbocycles. The van der Waals surface area contributed by atoms with Gasteiger partial charge >= 0.3 is 0 Å². The van der Waals surface area contributed by atoms with Gasteiger partial charge in [-0.25, -0.2) is 19.9 Å². The number of hydrogen-bond acceptors (Lipinski definition) is 4. The summed E-state index contributed by atoms with van der Waals surface area (Å²) in [4.78, 5) is 18.0. The molecule has 2 heterocycles. The second-order valence-electron chi connectivity index (χ2n) is 5.71.